The molecule has 0 bridgehead atoms. The van der Waals surface area contributed by atoms with E-state index in [4.69, 9.17) is 4.74 Å². The van der Waals surface area contributed by atoms with Gasteiger partial charge < -0.3 is 10.1 Å². The fraction of sp³-hybridized carbons (Fsp3) is 0.333. The van der Waals surface area contributed by atoms with Gasteiger partial charge in [-0.1, -0.05) is 30.3 Å². The Balaban J connectivity index is 1.74. The molecule has 0 saturated heterocycles. The van der Waals surface area contributed by atoms with Crippen molar-refractivity contribution in [2.24, 2.45) is 0 Å². The normalized spacial score (nSPS) is 14.2. The number of anilines is 1. The van der Waals surface area contributed by atoms with Crippen LogP contribution in [-0.4, -0.2) is 17.1 Å². The quantitative estimate of drug-likeness (QED) is 0.892. The minimum atomic E-state index is 0.521. The molecule has 1 aliphatic rings. The number of hydrogen-bond acceptors (Lipinski definition) is 4. The summed E-state index contributed by atoms with van der Waals surface area (Å²) in [4.78, 5) is 8.95. The van der Waals surface area contributed by atoms with E-state index < -0.39 is 0 Å². The molecule has 19 heavy (non-hydrogen) atoms. The third kappa shape index (κ3) is 3.02. The average Bonchev–Trinajstić information content (AvgIpc) is 3.30. The predicted octanol–water partition coefficient (Wildman–Crippen LogP) is 2.97. The second-order valence-electron chi connectivity index (χ2n) is 4.77. The van der Waals surface area contributed by atoms with Crippen LogP contribution in [0.3, 0.4) is 0 Å². The summed E-state index contributed by atoms with van der Waals surface area (Å²) >= 11 is 0. The van der Waals surface area contributed by atoms with Crippen molar-refractivity contribution < 1.29 is 4.74 Å². The van der Waals surface area contributed by atoms with Gasteiger partial charge in [-0.15, -0.1) is 0 Å². The third-order valence-electron chi connectivity index (χ3n) is 3.19. The maximum absolute atomic E-state index is 5.23. The van der Waals surface area contributed by atoms with Gasteiger partial charge in [0.05, 0.1) is 7.11 Å². The van der Waals surface area contributed by atoms with Crippen molar-refractivity contribution in [1.82, 2.24) is 9.97 Å². The topological polar surface area (TPSA) is 47.0 Å². The van der Waals surface area contributed by atoms with Crippen LogP contribution in [-0.2, 0) is 6.54 Å². The summed E-state index contributed by atoms with van der Waals surface area (Å²) in [7, 11) is 1.64. The Morgan fingerprint density at radius 2 is 2.00 bits per heavy atom. The minimum Gasteiger partial charge on any atom is -0.481 e. The van der Waals surface area contributed by atoms with Gasteiger partial charge in [-0.2, -0.15) is 4.98 Å². The Morgan fingerprint density at radius 3 is 2.68 bits per heavy atom. The molecule has 1 aromatic carbocycles. The van der Waals surface area contributed by atoms with Crippen LogP contribution >= 0.6 is 0 Å². The predicted molar refractivity (Wildman–Crippen MR) is 74.3 cm³/mol. The Hall–Kier alpha value is -2.10. The lowest BCUT2D eigenvalue weighted by atomic mass is 10.2. The van der Waals surface area contributed by atoms with E-state index in [-0.39, 0.29) is 0 Å². The van der Waals surface area contributed by atoms with E-state index in [1.54, 1.807) is 7.11 Å². The maximum atomic E-state index is 5.23. The molecule has 4 nitrogen and oxygen atoms in total. The number of nitrogens with one attached hydrogen (secondary N) is 1. The van der Waals surface area contributed by atoms with Crippen molar-refractivity contribution in [2.45, 2.75) is 25.3 Å². The van der Waals surface area contributed by atoms with Crippen LogP contribution in [0.4, 0.5) is 5.82 Å². The Morgan fingerprint density at radius 1 is 1.21 bits per heavy atom. The molecule has 3 rings (SSSR count). The van der Waals surface area contributed by atoms with Gasteiger partial charge in [0, 0.05) is 18.5 Å². The van der Waals surface area contributed by atoms with Crippen LogP contribution in [0.25, 0.3) is 0 Å². The molecule has 0 atom stereocenters. The van der Waals surface area contributed by atoms with E-state index in [0.717, 1.165) is 18.2 Å². The molecule has 4 heteroatoms. The van der Waals surface area contributed by atoms with Crippen LogP contribution < -0.4 is 10.1 Å². The van der Waals surface area contributed by atoms with Crippen LogP contribution in [0.2, 0.25) is 0 Å². The van der Waals surface area contributed by atoms with E-state index in [0.29, 0.717) is 11.8 Å². The highest BCUT2D eigenvalue weighted by atomic mass is 16.5. The number of aromatic nitrogens is 2. The van der Waals surface area contributed by atoms with Crippen LogP contribution in [0.5, 0.6) is 5.88 Å². The molecule has 0 amide bonds. The van der Waals surface area contributed by atoms with Crippen molar-refractivity contribution in [3.8, 4) is 5.88 Å². The largest absolute Gasteiger partial charge is 0.481 e. The highest BCUT2D eigenvalue weighted by Gasteiger charge is 2.27. The van der Waals surface area contributed by atoms with Gasteiger partial charge in [0.2, 0.25) is 5.88 Å². The standard InChI is InChI=1S/C15H17N3O/c1-19-14-9-13(17-15(18-14)12-7-8-12)16-10-11-5-3-2-4-6-11/h2-6,9,12H,7-8,10H2,1H3,(H,16,17,18). The SMILES string of the molecule is COc1cc(NCc2ccccc2)nc(C2CC2)n1. The van der Waals surface area contributed by atoms with Gasteiger partial charge in [-0.05, 0) is 18.4 Å². The Kier molecular flexibility index (Phi) is 3.31. The van der Waals surface area contributed by atoms with Crippen molar-refractivity contribution in [1.29, 1.82) is 0 Å². The molecule has 1 N–H and O–H groups in total. The van der Waals surface area contributed by atoms with Crippen molar-refractivity contribution >= 4 is 5.82 Å². The van der Waals surface area contributed by atoms with Crippen molar-refractivity contribution in [3.63, 3.8) is 0 Å². The summed E-state index contributed by atoms with van der Waals surface area (Å²) in [6, 6.07) is 12.1. The third-order valence-corrected chi connectivity index (χ3v) is 3.19. The van der Waals surface area contributed by atoms with Crippen LogP contribution in [0.1, 0.15) is 30.1 Å². The number of ether oxygens (including phenoxy) is 1. The summed E-state index contributed by atoms with van der Waals surface area (Å²) in [5.74, 6) is 2.88. The first-order chi connectivity index (χ1) is 9.35. The first-order valence-corrected chi connectivity index (χ1v) is 6.56. The fourth-order valence-electron chi connectivity index (χ4n) is 1.95. The zero-order valence-corrected chi connectivity index (χ0v) is 11.0. The van der Waals surface area contributed by atoms with Crippen molar-refractivity contribution in [2.75, 3.05) is 12.4 Å². The molecule has 1 aliphatic carbocycles. The molecule has 0 unspecified atom stereocenters. The molecule has 0 spiro atoms. The number of rotatable bonds is 5. The minimum absolute atomic E-state index is 0.521. The van der Waals surface area contributed by atoms with Gasteiger partial charge in [-0.3, -0.25) is 0 Å². The summed E-state index contributed by atoms with van der Waals surface area (Å²) in [5.41, 5.74) is 1.23. The number of nitrogens with zero attached hydrogens (tertiary/aromatic N) is 2. The molecule has 2 aromatic rings. The highest BCUT2D eigenvalue weighted by molar-refractivity contribution is 5.40. The fourth-order valence-corrected chi connectivity index (χ4v) is 1.95. The van der Waals surface area contributed by atoms with E-state index in [2.05, 4.69) is 27.4 Å². The Bertz CT molecular complexity index is 553. The van der Waals surface area contributed by atoms with Gasteiger partial charge in [0.15, 0.2) is 0 Å². The second kappa shape index (κ2) is 5.26. The van der Waals surface area contributed by atoms with Crippen molar-refractivity contribution in [3.05, 3.63) is 47.8 Å². The number of hydrogen-bond donors (Lipinski definition) is 1. The summed E-state index contributed by atoms with van der Waals surface area (Å²) in [6.45, 7) is 0.755. The molecule has 1 aromatic heterocycles. The van der Waals surface area contributed by atoms with Gasteiger partial charge in [0.25, 0.3) is 0 Å². The van der Waals surface area contributed by atoms with Gasteiger partial charge in [-0.25, -0.2) is 4.98 Å². The molecule has 0 radical (unpaired) electrons. The molecule has 98 valence electrons. The lowest BCUT2D eigenvalue weighted by molar-refractivity contribution is 0.395. The summed E-state index contributed by atoms with van der Waals surface area (Å²) in [5, 5.41) is 3.33. The molecule has 1 saturated carbocycles. The maximum Gasteiger partial charge on any atom is 0.218 e. The monoisotopic (exact) mass is 255 g/mol. The summed E-state index contributed by atoms with van der Waals surface area (Å²) < 4.78 is 5.23. The molecular formula is C15H17N3O. The molecule has 1 heterocycles. The van der Waals surface area contributed by atoms with Gasteiger partial charge >= 0.3 is 0 Å². The van der Waals surface area contributed by atoms with E-state index >= 15 is 0 Å². The van der Waals surface area contributed by atoms with E-state index in [9.17, 15) is 0 Å². The van der Waals surface area contributed by atoms with Crippen LogP contribution in [0, 0.1) is 0 Å². The highest BCUT2D eigenvalue weighted by Crippen LogP contribution is 2.39. The zero-order valence-electron chi connectivity index (χ0n) is 11.0. The Labute approximate surface area is 112 Å². The first kappa shape index (κ1) is 12.0. The second-order valence-corrected chi connectivity index (χ2v) is 4.77. The van der Waals surface area contributed by atoms with Gasteiger partial charge in [0.1, 0.15) is 11.6 Å². The summed E-state index contributed by atoms with van der Waals surface area (Å²) in [6.07, 6.45) is 2.37. The number of methoxy groups -OCH3 is 1. The molecule has 1 fully saturated rings. The van der Waals surface area contributed by atoms with Crippen LogP contribution in [0.15, 0.2) is 36.4 Å². The number of benzene rings is 1. The zero-order chi connectivity index (χ0) is 13.1. The average molecular weight is 255 g/mol. The molecule has 0 aliphatic heterocycles. The van der Waals surface area contributed by atoms with E-state index in [1.165, 1.54) is 18.4 Å². The lowest BCUT2D eigenvalue weighted by Crippen LogP contribution is -2.05. The lowest BCUT2D eigenvalue weighted by Gasteiger charge is -2.09. The smallest absolute Gasteiger partial charge is 0.218 e. The first-order valence-electron chi connectivity index (χ1n) is 6.56. The van der Waals surface area contributed by atoms with E-state index in [1.807, 2.05) is 24.3 Å². The molecular weight excluding hydrogens is 238 g/mol.